The van der Waals surface area contributed by atoms with Crippen LogP contribution in [0.4, 0.5) is 5.69 Å². The van der Waals surface area contributed by atoms with Gasteiger partial charge in [-0.2, -0.15) is 0 Å². The van der Waals surface area contributed by atoms with Gasteiger partial charge < -0.3 is 15.3 Å². The molecule has 5 nitrogen and oxygen atoms in total. The molecule has 19 heavy (non-hydrogen) atoms. The number of hydrogen-bond acceptors (Lipinski definition) is 4. The van der Waals surface area contributed by atoms with Gasteiger partial charge in [-0.3, -0.25) is 9.59 Å². The van der Waals surface area contributed by atoms with Crippen molar-refractivity contribution in [3.63, 3.8) is 0 Å². The third kappa shape index (κ3) is 5.63. The van der Waals surface area contributed by atoms with Crippen molar-refractivity contribution in [2.24, 2.45) is 0 Å². The zero-order valence-corrected chi connectivity index (χ0v) is 11.3. The van der Waals surface area contributed by atoms with E-state index in [-0.39, 0.29) is 18.3 Å². The SMILES string of the molecule is CC(=O)c1ccc(NC(=O)CCN(C)CCO)cc1. The maximum absolute atomic E-state index is 11.7. The first kappa shape index (κ1) is 15.3. The Bertz CT molecular complexity index is 429. The molecule has 0 aliphatic rings. The standard InChI is InChI=1S/C14H20N2O3/c1-11(18)12-3-5-13(6-4-12)15-14(19)7-8-16(2)9-10-17/h3-6,17H,7-10H2,1-2H3,(H,15,19). The van der Waals surface area contributed by atoms with Gasteiger partial charge in [-0.05, 0) is 38.2 Å². The smallest absolute Gasteiger partial charge is 0.225 e. The third-order valence-electron chi connectivity index (χ3n) is 2.78. The highest BCUT2D eigenvalue weighted by Crippen LogP contribution is 2.10. The van der Waals surface area contributed by atoms with Crippen molar-refractivity contribution in [3.05, 3.63) is 29.8 Å². The maximum atomic E-state index is 11.7. The highest BCUT2D eigenvalue weighted by atomic mass is 16.3. The van der Waals surface area contributed by atoms with Crippen LogP contribution in [0.1, 0.15) is 23.7 Å². The van der Waals surface area contributed by atoms with Gasteiger partial charge in [0.2, 0.25) is 5.91 Å². The van der Waals surface area contributed by atoms with Gasteiger partial charge in [0, 0.05) is 30.8 Å². The second-order valence-electron chi connectivity index (χ2n) is 4.46. The number of ketones is 1. The fraction of sp³-hybridized carbons (Fsp3) is 0.429. The van der Waals surface area contributed by atoms with E-state index in [2.05, 4.69) is 5.32 Å². The van der Waals surface area contributed by atoms with Gasteiger partial charge in [0.25, 0.3) is 0 Å². The summed E-state index contributed by atoms with van der Waals surface area (Å²) in [6.07, 6.45) is 0.366. The average molecular weight is 264 g/mol. The van der Waals surface area contributed by atoms with Crippen molar-refractivity contribution < 1.29 is 14.7 Å². The summed E-state index contributed by atoms with van der Waals surface area (Å²) in [6.45, 7) is 2.74. The highest BCUT2D eigenvalue weighted by Gasteiger charge is 2.05. The Balaban J connectivity index is 2.42. The Labute approximate surface area is 113 Å². The molecule has 0 heterocycles. The van der Waals surface area contributed by atoms with E-state index < -0.39 is 0 Å². The number of nitrogens with zero attached hydrogens (tertiary/aromatic N) is 1. The lowest BCUT2D eigenvalue weighted by molar-refractivity contribution is -0.116. The number of hydrogen-bond donors (Lipinski definition) is 2. The van der Waals surface area contributed by atoms with E-state index in [4.69, 9.17) is 5.11 Å². The minimum atomic E-state index is -0.0830. The summed E-state index contributed by atoms with van der Waals surface area (Å²) in [5.41, 5.74) is 1.31. The van der Waals surface area contributed by atoms with E-state index in [1.54, 1.807) is 24.3 Å². The number of aliphatic hydroxyl groups is 1. The molecular weight excluding hydrogens is 244 g/mol. The van der Waals surface area contributed by atoms with Crippen LogP contribution in [0.2, 0.25) is 0 Å². The first-order valence-electron chi connectivity index (χ1n) is 6.23. The number of likely N-dealkylation sites (N-methyl/N-ethyl adjacent to an activating group) is 1. The Kier molecular flexibility index (Phi) is 6.18. The summed E-state index contributed by atoms with van der Waals surface area (Å²) in [6, 6.07) is 6.81. The Hall–Kier alpha value is -1.72. The van der Waals surface area contributed by atoms with Gasteiger partial charge in [-0.25, -0.2) is 0 Å². The van der Waals surface area contributed by atoms with Gasteiger partial charge in [0.05, 0.1) is 6.61 Å². The molecular formula is C14H20N2O3. The van der Waals surface area contributed by atoms with Crippen LogP contribution in [0.25, 0.3) is 0 Å². The molecule has 0 aliphatic carbocycles. The molecule has 0 aromatic heterocycles. The first-order valence-corrected chi connectivity index (χ1v) is 6.23. The number of carbonyl (C=O) groups is 2. The molecule has 5 heteroatoms. The summed E-state index contributed by atoms with van der Waals surface area (Å²) in [5.74, 6) is -0.0798. The molecule has 0 aliphatic heterocycles. The van der Waals surface area contributed by atoms with Gasteiger partial charge in [-0.15, -0.1) is 0 Å². The van der Waals surface area contributed by atoms with E-state index >= 15 is 0 Å². The Morgan fingerprint density at radius 2 is 1.84 bits per heavy atom. The molecule has 1 aromatic carbocycles. The van der Waals surface area contributed by atoms with Gasteiger partial charge >= 0.3 is 0 Å². The van der Waals surface area contributed by atoms with Crippen molar-refractivity contribution in [1.82, 2.24) is 4.90 Å². The zero-order chi connectivity index (χ0) is 14.3. The Morgan fingerprint density at radius 3 is 2.37 bits per heavy atom. The molecule has 104 valence electrons. The van der Waals surface area contributed by atoms with Crippen molar-refractivity contribution in [1.29, 1.82) is 0 Å². The number of rotatable bonds is 7. The number of aliphatic hydroxyl groups excluding tert-OH is 1. The molecule has 2 N–H and O–H groups in total. The molecule has 0 unspecified atom stereocenters. The minimum absolute atomic E-state index is 0.00325. The van der Waals surface area contributed by atoms with Crippen LogP contribution in [0.5, 0.6) is 0 Å². The maximum Gasteiger partial charge on any atom is 0.225 e. The van der Waals surface area contributed by atoms with Crippen LogP contribution >= 0.6 is 0 Å². The lowest BCUT2D eigenvalue weighted by Crippen LogP contribution is -2.26. The largest absolute Gasteiger partial charge is 0.395 e. The lowest BCUT2D eigenvalue weighted by atomic mass is 10.1. The first-order chi connectivity index (χ1) is 9.02. The van der Waals surface area contributed by atoms with Crippen molar-refractivity contribution in [2.75, 3.05) is 32.1 Å². The van der Waals surface area contributed by atoms with Crippen LogP contribution < -0.4 is 5.32 Å². The molecule has 1 aromatic rings. The Morgan fingerprint density at radius 1 is 1.21 bits per heavy atom. The number of Topliss-reactive ketones (excluding diaryl/α,β-unsaturated/α-hetero) is 1. The number of amides is 1. The fourth-order valence-corrected chi connectivity index (χ4v) is 1.59. The summed E-state index contributed by atoms with van der Waals surface area (Å²) >= 11 is 0. The van der Waals surface area contributed by atoms with Crippen LogP contribution in [-0.2, 0) is 4.79 Å². The van der Waals surface area contributed by atoms with E-state index in [9.17, 15) is 9.59 Å². The molecule has 0 radical (unpaired) electrons. The summed E-state index contributed by atoms with van der Waals surface area (Å²) < 4.78 is 0. The second kappa shape index (κ2) is 7.66. The second-order valence-corrected chi connectivity index (χ2v) is 4.46. The molecule has 0 saturated heterocycles. The number of anilines is 1. The van der Waals surface area contributed by atoms with Crippen LogP contribution in [0, 0.1) is 0 Å². The quantitative estimate of drug-likeness (QED) is 0.725. The third-order valence-corrected chi connectivity index (χ3v) is 2.78. The van der Waals surface area contributed by atoms with Crippen LogP contribution in [0.15, 0.2) is 24.3 Å². The number of carbonyl (C=O) groups excluding carboxylic acids is 2. The zero-order valence-electron chi connectivity index (χ0n) is 11.3. The normalized spacial score (nSPS) is 10.5. The molecule has 1 rings (SSSR count). The summed E-state index contributed by atoms with van der Waals surface area (Å²) in [4.78, 5) is 24.7. The van der Waals surface area contributed by atoms with E-state index in [1.807, 2.05) is 11.9 Å². The van der Waals surface area contributed by atoms with E-state index in [0.717, 1.165) is 0 Å². The van der Waals surface area contributed by atoms with Crippen molar-refractivity contribution in [2.45, 2.75) is 13.3 Å². The minimum Gasteiger partial charge on any atom is -0.395 e. The predicted octanol–water partition coefficient (Wildman–Crippen LogP) is 1.14. The predicted molar refractivity (Wildman–Crippen MR) is 74.3 cm³/mol. The van der Waals surface area contributed by atoms with E-state index in [1.165, 1.54) is 6.92 Å². The molecule has 0 fully saturated rings. The van der Waals surface area contributed by atoms with Gasteiger partial charge in [0.1, 0.15) is 0 Å². The average Bonchev–Trinajstić information content (AvgIpc) is 2.37. The van der Waals surface area contributed by atoms with Crippen LogP contribution in [-0.4, -0.2) is 48.4 Å². The topological polar surface area (TPSA) is 69.6 Å². The molecule has 0 saturated carbocycles. The number of benzene rings is 1. The van der Waals surface area contributed by atoms with Crippen molar-refractivity contribution in [3.8, 4) is 0 Å². The fourth-order valence-electron chi connectivity index (χ4n) is 1.59. The lowest BCUT2D eigenvalue weighted by Gasteiger charge is -2.14. The monoisotopic (exact) mass is 264 g/mol. The van der Waals surface area contributed by atoms with Crippen LogP contribution in [0.3, 0.4) is 0 Å². The molecule has 0 atom stereocenters. The van der Waals surface area contributed by atoms with Crippen molar-refractivity contribution >= 4 is 17.4 Å². The number of nitrogens with one attached hydrogen (secondary N) is 1. The van der Waals surface area contributed by atoms with Gasteiger partial charge in [0.15, 0.2) is 5.78 Å². The molecule has 0 spiro atoms. The highest BCUT2D eigenvalue weighted by molar-refractivity contribution is 5.95. The van der Waals surface area contributed by atoms with Gasteiger partial charge in [-0.1, -0.05) is 0 Å². The summed E-state index contributed by atoms with van der Waals surface area (Å²) in [7, 11) is 1.85. The van der Waals surface area contributed by atoms with E-state index in [0.29, 0.717) is 30.8 Å². The summed E-state index contributed by atoms with van der Waals surface area (Å²) in [5, 5.41) is 11.5. The molecule has 1 amide bonds. The molecule has 0 bridgehead atoms.